The number of carbonyl (C=O) groups excluding carboxylic acids is 1. The van der Waals surface area contributed by atoms with Crippen LogP contribution in [0.15, 0.2) is 48.5 Å². The highest BCUT2D eigenvalue weighted by atomic mass is 35.5. The number of amides is 2. The zero-order valence-electron chi connectivity index (χ0n) is 15.7. The second kappa shape index (κ2) is 8.13. The van der Waals surface area contributed by atoms with Gasteiger partial charge in [-0.25, -0.2) is 13.9 Å². The Hall–Kier alpha value is -3.06. The van der Waals surface area contributed by atoms with Gasteiger partial charge in [0.15, 0.2) is 5.82 Å². The molecule has 2 aromatic carbocycles. The van der Waals surface area contributed by atoms with E-state index in [1.54, 1.807) is 36.4 Å². The van der Waals surface area contributed by atoms with Crippen LogP contribution in [0, 0.1) is 5.82 Å². The van der Waals surface area contributed by atoms with Crippen molar-refractivity contribution in [3.63, 3.8) is 0 Å². The Bertz CT molecular complexity index is 1010. The molecule has 4 N–H and O–H groups in total. The molecule has 29 heavy (non-hydrogen) atoms. The summed E-state index contributed by atoms with van der Waals surface area (Å²) in [5.74, 6) is -0.102. The average Bonchev–Trinajstić information content (AvgIpc) is 3.32. The van der Waals surface area contributed by atoms with Crippen molar-refractivity contribution in [1.82, 2.24) is 15.1 Å². The summed E-state index contributed by atoms with van der Waals surface area (Å²) in [6.45, 7) is 0. The first-order valence-corrected chi connectivity index (χ1v) is 9.87. The van der Waals surface area contributed by atoms with Gasteiger partial charge in [0.2, 0.25) is 0 Å². The molecule has 0 radical (unpaired) electrons. The van der Waals surface area contributed by atoms with E-state index in [2.05, 4.69) is 15.7 Å². The Labute approximate surface area is 172 Å². The van der Waals surface area contributed by atoms with E-state index in [9.17, 15) is 9.18 Å². The van der Waals surface area contributed by atoms with Crippen molar-refractivity contribution in [1.29, 1.82) is 0 Å². The lowest BCUT2D eigenvalue weighted by atomic mass is 10.1. The summed E-state index contributed by atoms with van der Waals surface area (Å²) in [6.07, 6.45) is 4.18. The first kappa shape index (κ1) is 19.3. The quantitative estimate of drug-likeness (QED) is 0.564. The minimum absolute atomic E-state index is 0.169. The van der Waals surface area contributed by atoms with Crippen LogP contribution in [-0.2, 0) is 0 Å². The summed E-state index contributed by atoms with van der Waals surface area (Å²) in [6, 6.07) is 12.8. The highest BCUT2D eigenvalue weighted by Gasteiger charge is 2.22. The zero-order valence-corrected chi connectivity index (χ0v) is 16.4. The minimum Gasteiger partial charge on any atom is -0.382 e. The first-order valence-electron chi connectivity index (χ1n) is 9.49. The lowest BCUT2D eigenvalue weighted by Crippen LogP contribution is -2.36. The number of anilines is 2. The number of carbonyl (C=O) groups is 1. The molecular weight excluding hydrogens is 393 g/mol. The van der Waals surface area contributed by atoms with Gasteiger partial charge in [-0.3, -0.25) is 0 Å². The van der Waals surface area contributed by atoms with Gasteiger partial charge in [0.25, 0.3) is 0 Å². The molecule has 1 aliphatic rings. The molecule has 0 atom stereocenters. The molecule has 0 saturated heterocycles. The summed E-state index contributed by atoms with van der Waals surface area (Å²) < 4.78 is 14.8. The second-order valence-corrected chi connectivity index (χ2v) is 7.52. The molecular formula is C21H21ClFN5O. The van der Waals surface area contributed by atoms with E-state index in [1.165, 1.54) is 16.8 Å². The Kier molecular flexibility index (Phi) is 5.40. The van der Waals surface area contributed by atoms with Gasteiger partial charge in [-0.05, 0) is 49.2 Å². The molecule has 1 heterocycles. The molecule has 0 aliphatic heterocycles. The van der Waals surface area contributed by atoms with Gasteiger partial charge in [-0.1, -0.05) is 36.6 Å². The molecule has 4 rings (SSSR count). The maximum absolute atomic E-state index is 13.3. The number of rotatable bonds is 4. The van der Waals surface area contributed by atoms with Gasteiger partial charge in [0, 0.05) is 16.6 Å². The van der Waals surface area contributed by atoms with Crippen molar-refractivity contribution in [3.05, 3.63) is 59.4 Å². The van der Waals surface area contributed by atoms with Crippen molar-refractivity contribution in [2.24, 2.45) is 0 Å². The van der Waals surface area contributed by atoms with Crippen LogP contribution in [0.4, 0.5) is 20.7 Å². The largest absolute Gasteiger partial charge is 0.382 e. The maximum atomic E-state index is 13.3. The molecule has 8 heteroatoms. The van der Waals surface area contributed by atoms with E-state index in [1.807, 2.05) is 0 Å². The average molecular weight is 414 g/mol. The Morgan fingerprint density at radius 3 is 2.41 bits per heavy atom. The number of aromatic nitrogens is 2. The molecule has 0 bridgehead atoms. The molecule has 1 fully saturated rings. The predicted octanol–water partition coefficient (Wildman–Crippen LogP) is 4.98. The van der Waals surface area contributed by atoms with Crippen LogP contribution >= 0.6 is 11.6 Å². The third-order valence-corrected chi connectivity index (χ3v) is 5.29. The van der Waals surface area contributed by atoms with Crippen LogP contribution in [0.2, 0.25) is 5.02 Å². The van der Waals surface area contributed by atoms with Crippen molar-refractivity contribution < 1.29 is 9.18 Å². The summed E-state index contributed by atoms with van der Waals surface area (Å²) in [5.41, 5.74) is 8.57. The van der Waals surface area contributed by atoms with Crippen LogP contribution in [-0.4, -0.2) is 21.9 Å². The lowest BCUT2D eigenvalue weighted by molar-refractivity contribution is 0.248. The normalized spacial score (nSPS) is 14.1. The van der Waals surface area contributed by atoms with Gasteiger partial charge in [-0.15, -0.1) is 0 Å². The summed E-state index contributed by atoms with van der Waals surface area (Å²) >= 11 is 6.00. The number of nitrogens with two attached hydrogens (primary N) is 1. The maximum Gasteiger partial charge on any atom is 0.319 e. The van der Waals surface area contributed by atoms with E-state index in [-0.39, 0.29) is 23.7 Å². The molecule has 1 aliphatic carbocycles. The predicted molar refractivity (Wildman–Crippen MR) is 113 cm³/mol. The van der Waals surface area contributed by atoms with Crippen LogP contribution in [0.25, 0.3) is 16.9 Å². The van der Waals surface area contributed by atoms with Crippen LogP contribution in [0.5, 0.6) is 0 Å². The molecule has 150 valence electrons. The SMILES string of the molecule is Nc1c(NC(=O)NC2CCCC2)c(-c2ccc(Cl)cc2)nn1-c1ccc(F)cc1. The molecule has 3 aromatic rings. The van der Waals surface area contributed by atoms with E-state index in [4.69, 9.17) is 17.3 Å². The van der Waals surface area contributed by atoms with E-state index >= 15 is 0 Å². The molecule has 6 nitrogen and oxygen atoms in total. The van der Waals surface area contributed by atoms with E-state index < -0.39 is 0 Å². The smallest absolute Gasteiger partial charge is 0.319 e. The van der Waals surface area contributed by atoms with E-state index in [0.717, 1.165) is 31.2 Å². The minimum atomic E-state index is -0.355. The summed E-state index contributed by atoms with van der Waals surface area (Å²) in [7, 11) is 0. The number of nitrogens with one attached hydrogen (secondary N) is 2. The first-order chi connectivity index (χ1) is 14.0. The monoisotopic (exact) mass is 413 g/mol. The number of urea groups is 1. The number of nitrogen functional groups attached to an aromatic ring is 1. The molecule has 0 unspecified atom stereocenters. The van der Waals surface area contributed by atoms with E-state index in [0.29, 0.717) is 22.1 Å². The fourth-order valence-corrected chi connectivity index (χ4v) is 3.67. The number of nitrogens with zero attached hydrogens (tertiary/aromatic N) is 2. The van der Waals surface area contributed by atoms with Crippen LogP contribution in [0.3, 0.4) is 0 Å². The zero-order chi connectivity index (χ0) is 20.4. The summed E-state index contributed by atoms with van der Waals surface area (Å²) in [5, 5.41) is 11.0. The van der Waals surface area contributed by atoms with Gasteiger partial charge in [-0.2, -0.15) is 5.10 Å². The van der Waals surface area contributed by atoms with Gasteiger partial charge < -0.3 is 16.4 Å². The number of benzene rings is 2. The summed E-state index contributed by atoms with van der Waals surface area (Å²) in [4.78, 5) is 12.6. The molecule has 0 spiro atoms. The third-order valence-electron chi connectivity index (χ3n) is 5.04. The number of hydrogen-bond acceptors (Lipinski definition) is 3. The second-order valence-electron chi connectivity index (χ2n) is 7.08. The van der Waals surface area contributed by atoms with Gasteiger partial charge in [0.05, 0.1) is 5.69 Å². The van der Waals surface area contributed by atoms with Crippen molar-refractivity contribution >= 4 is 29.1 Å². The Morgan fingerprint density at radius 2 is 1.76 bits per heavy atom. The highest BCUT2D eigenvalue weighted by molar-refractivity contribution is 6.30. The Morgan fingerprint density at radius 1 is 1.10 bits per heavy atom. The van der Waals surface area contributed by atoms with Crippen molar-refractivity contribution in [2.45, 2.75) is 31.7 Å². The highest BCUT2D eigenvalue weighted by Crippen LogP contribution is 2.34. The topological polar surface area (TPSA) is 85.0 Å². The Balaban J connectivity index is 1.71. The van der Waals surface area contributed by atoms with Gasteiger partial charge in [0.1, 0.15) is 17.2 Å². The lowest BCUT2D eigenvalue weighted by Gasteiger charge is -2.13. The molecule has 1 aromatic heterocycles. The third kappa shape index (κ3) is 4.19. The fourth-order valence-electron chi connectivity index (χ4n) is 3.55. The van der Waals surface area contributed by atoms with Crippen molar-refractivity contribution in [2.75, 3.05) is 11.1 Å². The van der Waals surface area contributed by atoms with Crippen molar-refractivity contribution in [3.8, 4) is 16.9 Å². The molecule has 2 amide bonds. The van der Waals surface area contributed by atoms with Gasteiger partial charge >= 0.3 is 6.03 Å². The molecule has 1 saturated carbocycles. The number of halogens is 2. The number of hydrogen-bond donors (Lipinski definition) is 3. The van der Waals surface area contributed by atoms with Crippen LogP contribution < -0.4 is 16.4 Å². The standard InChI is InChI=1S/C21H21ClFN5O/c22-14-7-5-13(6-8-14)18-19(26-21(29)25-16-3-1-2-4-16)20(24)28(27-18)17-11-9-15(23)10-12-17/h5-12,16H,1-4,24H2,(H2,25,26,29). The van der Waals surface area contributed by atoms with Crippen LogP contribution in [0.1, 0.15) is 25.7 Å². The fraction of sp³-hybridized carbons (Fsp3) is 0.238.